The van der Waals surface area contributed by atoms with E-state index in [0.29, 0.717) is 5.92 Å². The molecule has 0 bridgehead atoms. The predicted octanol–water partition coefficient (Wildman–Crippen LogP) is 3.54. The van der Waals surface area contributed by atoms with E-state index in [-0.39, 0.29) is 1.43 Å². The van der Waals surface area contributed by atoms with Crippen molar-refractivity contribution in [2.24, 2.45) is 0 Å². The Kier molecular flexibility index (Phi) is 1.65. The van der Waals surface area contributed by atoms with Crippen molar-refractivity contribution in [2.75, 3.05) is 0 Å². The predicted molar refractivity (Wildman–Crippen MR) is 54.5 cm³/mol. The van der Waals surface area contributed by atoms with Crippen LogP contribution in [0.15, 0.2) is 30.5 Å². The van der Waals surface area contributed by atoms with Crippen molar-refractivity contribution >= 4 is 10.9 Å². The van der Waals surface area contributed by atoms with Crippen LogP contribution in [0.4, 0.5) is 0 Å². The highest BCUT2D eigenvalue weighted by Gasteiger charge is 1.99. The number of aromatic amines is 1. The van der Waals surface area contributed by atoms with Crippen LogP contribution in [0.2, 0.25) is 0 Å². The van der Waals surface area contributed by atoms with Gasteiger partial charge in [0.05, 0.1) is 0 Å². The number of hydrogen-bond acceptors (Lipinski definition) is 0. The minimum Gasteiger partial charge on any atom is -0.361 e. The summed E-state index contributed by atoms with van der Waals surface area (Å²) in [6, 6.07) is 8.69. The van der Waals surface area contributed by atoms with E-state index in [1.54, 1.807) is 0 Å². The SMILES string of the molecule is CC(C)c1ccc2[nH]ccc2c1.[HH]. The van der Waals surface area contributed by atoms with Gasteiger partial charge in [-0.05, 0) is 35.1 Å². The van der Waals surface area contributed by atoms with Crippen molar-refractivity contribution in [3.05, 3.63) is 36.0 Å². The van der Waals surface area contributed by atoms with Gasteiger partial charge >= 0.3 is 0 Å². The average molecular weight is 161 g/mol. The van der Waals surface area contributed by atoms with E-state index in [9.17, 15) is 0 Å². The molecule has 0 radical (unpaired) electrons. The molecule has 1 heterocycles. The Morgan fingerprint density at radius 2 is 2.08 bits per heavy atom. The fraction of sp³-hybridized carbons (Fsp3) is 0.273. The Balaban J connectivity index is 0.000000845. The van der Waals surface area contributed by atoms with E-state index in [2.05, 4.69) is 43.1 Å². The lowest BCUT2D eigenvalue weighted by Gasteiger charge is -2.03. The summed E-state index contributed by atoms with van der Waals surface area (Å²) >= 11 is 0. The summed E-state index contributed by atoms with van der Waals surface area (Å²) in [5.41, 5.74) is 2.63. The van der Waals surface area contributed by atoms with Crippen LogP contribution in [0.25, 0.3) is 10.9 Å². The summed E-state index contributed by atoms with van der Waals surface area (Å²) in [6.07, 6.45) is 1.98. The van der Waals surface area contributed by atoms with Gasteiger partial charge in [-0.3, -0.25) is 0 Å². The monoisotopic (exact) mass is 161 g/mol. The lowest BCUT2D eigenvalue weighted by Crippen LogP contribution is -1.85. The van der Waals surface area contributed by atoms with Crippen molar-refractivity contribution < 1.29 is 1.43 Å². The van der Waals surface area contributed by atoms with E-state index in [0.717, 1.165) is 0 Å². The third kappa shape index (κ3) is 1.11. The van der Waals surface area contributed by atoms with Crippen LogP contribution < -0.4 is 0 Å². The van der Waals surface area contributed by atoms with Crippen molar-refractivity contribution in [2.45, 2.75) is 19.8 Å². The Morgan fingerprint density at radius 3 is 2.83 bits per heavy atom. The molecule has 0 fully saturated rings. The van der Waals surface area contributed by atoms with Crippen LogP contribution in [-0.4, -0.2) is 4.98 Å². The Hall–Kier alpha value is -1.24. The number of nitrogens with one attached hydrogen (secondary N) is 1. The minimum absolute atomic E-state index is 0. The molecule has 0 amide bonds. The summed E-state index contributed by atoms with van der Waals surface area (Å²) < 4.78 is 0. The summed E-state index contributed by atoms with van der Waals surface area (Å²) in [7, 11) is 0. The fourth-order valence-corrected chi connectivity index (χ4v) is 1.43. The number of rotatable bonds is 1. The van der Waals surface area contributed by atoms with Crippen LogP contribution >= 0.6 is 0 Å². The molecule has 0 aliphatic carbocycles. The topological polar surface area (TPSA) is 15.8 Å². The van der Waals surface area contributed by atoms with E-state index < -0.39 is 0 Å². The highest BCUT2D eigenvalue weighted by molar-refractivity contribution is 5.80. The van der Waals surface area contributed by atoms with Gasteiger partial charge in [0.15, 0.2) is 0 Å². The zero-order valence-corrected chi connectivity index (χ0v) is 7.46. The highest BCUT2D eigenvalue weighted by atomic mass is 14.7. The van der Waals surface area contributed by atoms with Crippen molar-refractivity contribution in [3.8, 4) is 0 Å². The Morgan fingerprint density at radius 1 is 1.25 bits per heavy atom. The van der Waals surface area contributed by atoms with Gasteiger partial charge in [-0.25, -0.2) is 0 Å². The first-order chi connectivity index (χ1) is 5.77. The van der Waals surface area contributed by atoms with Crippen LogP contribution in [-0.2, 0) is 0 Å². The quantitative estimate of drug-likeness (QED) is 0.658. The molecule has 1 aromatic heterocycles. The molecule has 0 atom stereocenters. The molecule has 0 saturated heterocycles. The maximum Gasteiger partial charge on any atom is 0.0454 e. The molecule has 64 valence electrons. The van der Waals surface area contributed by atoms with Gasteiger partial charge in [-0.2, -0.15) is 0 Å². The standard InChI is InChI=1S/C11H13N.H2/c1-8(2)9-3-4-11-10(7-9)5-6-12-11;/h3-8,12H,1-2H3;1H. The van der Waals surface area contributed by atoms with Crippen LogP contribution in [0.5, 0.6) is 0 Å². The smallest absolute Gasteiger partial charge is 0.0454 e. The Labute approximate surface area is 73.9 Å². The van der Waals surface area contributed by atoms with Gasteiger partial charge in [-0.1, -0.05) is 19.9 Å². The van der Waals surface area contributed by atoms with Gasteiger partial charge in [-0.15, -0.1) is 0 Å². The zero-order valence-electron chi connectivity index (χ0n) is 7.46. The summed E-state index contributed by atoms with van der Waals surface area (Å²) in [4.78, 5) is 3.19. The summed E-state index contributed by atoms with van der Waals surface area (Å²) in [5.74, 6) is 0.615. The molecule has 1 nitrogen and oxygen atoms in total. The molecule has 2 aromatic rings. The van der Waals surface area contributed by atoms with Crippen molar-refractivity contribution in [1.29, 1.82) is 0 Å². The molecule has 2 rings (SSSR count). The molecule has 0 spiro atoms. The number of fused-ring (bicyclic) bond motifs is 1. The van der Waals surface area contributed by atoms with Crippen LogP contribution in [0.3, 0.4) is 0 Å². The van der Waals surface area contributed by atoms with Crippen molar-refractivity contribution in [1.82, 2.24) is 4.98 Å². The second kappa shape index (κ2) is 2.67. The first-order valence-electron chi connectivity index (χ1n) is 4.34. The molecular formula is C11H15N. The molecule has 0 aliphatic rings. The maximum atomic E-state index is 3.19. The van der Waals surface area contributed by atoms with E-state index in [1.165, 1.54) is 16.5 Å². The molecule has 1 heteroatoms. The highest BCUT2D eigenvalue weighted by Crippen LogP contribution is 2.19. The van der Waals surface area contributed by atoms with Gasteiger partial charge in [0, 0.05) is 13.1 Å². The largest absolute Gasteiger partial charge is 0.361 e. The third-order valence-electron chi connectivity index (χ3n) is 2.24. The van der Waals surface area contributed by atoms with Crippen molar-refractivity contribution in [3.63, 3.8) is 0 Å². The average Bonchev–Trinajstić information content (AvgIpc) is 2.49. The van der Waals surface area contributed by atoms with Gasteiger partial charge in [0.25, 0.3) is 0 Å². The first kappa shape index (κ1) is 7.41. The van der Waals surface area contributed by atoms with E-state index in [1.807, 2.05) is 6.20 Å². The zero-order chi connectivity index (χ0) is 8.55. The lowest BCUT2D eigenvalue weighted by molar-refractivity contribution is 0.869. The number of H-pyrrole nitrogens is 1. The molecular weight excluding hydrogens is 146 g/mol. The molecule has 0 unspecified atom stereocenters. The summed E-state index contributed by atoms with van der Waals surface area (Å²) in [6.45, 7) is 4.43. The second-order valence-electron chi connectivity index (χ2n) is 3.48. The molecule has 0 aliphatic heterocycles. The van der Waals surface area contributed by atoms with Crippen LogP contribution in [0.1, 0.15) is 26.8 Å². The van der Waals surface area contributed by atoms with Gasteiger partial charge in [0.1, 0.15) is 0 Å². The normalized spacial score (nSPS) is 11.2. The van der Waals surface area contributed by atoms with E-state index >= 15 is 0 Å². The number of benzene rings is 1. The number of aromatic nitrogens is 1. The van der Waals surface area contributed by atoms with Gasteiger partial charge < -0.3 is 4.98 Å². The maximum absolute atomic E-state index is 3.19. The third-order valence-corrected chi connectivity index (χ3v) is 2.24. The number of hydrogen-bond donors (Lipinski definition) is 1. The van der Waals surface area contributed by atoms with Crippen LogP contribution in [0, 0.1) is 0 Å². The summed E-state index contributed by atoms with van der Waals surface area (Å²) in [5, 5.41) is 1.31. The first-order valence-corrected chi connectivity index (χ1v) is 4.34. The van der Waals surface area contributed by atoms with Gasteiger partial charge in [0.2, 0.25) is 0 Å². The second-order valence-corrected chi connectivity index (χ2v) is 3.48. The Bertz CT molecular complexity index is 390. The molecule has 1 N–H and O–H groups in total. The minimum atomic E-state index is 0. The molecule has 12 heavy (non-hydrogen) atoms. The molecule has 0 saturated carbocycles. The fourth-order valence-electron chi connectivity index (χ4n) is 1.43. The lowest BCUT2D eigenvalue weighted by atomic mass is 10.0. The molecule has 1 aromatic carbocycles. The van der Waals surface area contributed by atoms with E-state index in [4.69, 9.17) is 0 Å².